The van der Waals surface area contributed by atoms with E-state index in [1.54, 1.807) is 6.07 Å². The van der Waals surface area contributed by atoms with Gasteiger partial charge in [-0.05, 0) is 24.6 Å². The van der Waals surface area contributed by atoms with Crippen LogP contribution in [-0.2, 0) is 6.54 Å². The third-order valence-electron chi connectivity index (χ3n) is 2.24. The monoisotopic (exact) mass is 238 g/mol. The van der Waals surface area contributed by atoms with Gasteiger partial charge in [-0.2, -0.15) is 0 Å². The maximum atomic E-state index is 6.00. The minimum absolute atomic E-state index is 0.611. The molecule has 16 heavy (non-hydrogen) atoms. The first kappa shape index (κ1) is 11.4. The van der Waals surface area contributed by atoms with Gasteiger partial charge in [0.05, 0.1) is 11.6 Å². The minimum Gasteiger partial charge on any atom is -0.438 e. The van der Waals surface area contributed by atoms with Gasteiger partial charge in [-0.15, -0.1) is 0 Å². The van der Waals surface area contributed by atoms with Gasteiger partial charge in [0.25, 0.3) is 0 Å². The molecule has 1 aromatic carbocycles. The summed E-state index contributed by atoms with van der Waals surface area (Å²) < 4.78 is 5.58. The van der Waals surface area contributed by atoms with Crippen LogP contribution in [0.1, 0.15) is 19.7 Å². The number of hydrogen-bond acceptors (Lipinski definition) is 3. The number of rotatable bonds is 4. The van der Waals surface area contributed by atoms with E-state index in [4.69, 9.17) is 16.0 Å². The van der Waals surface area contributed by atoms with E-state index in [1.165, 1.54) is 0 Å². The van der Waals surface area contributed by atoms with Crippen LogP contribution in [0.15, 0.2) is 22.6 Å². The Morgan fingerprint density at radius 3 is 2.94 bits per heavy atom. The summed E-state index contributed by atoms with van der Waals surface area (Å²) in [6, 6.07) is 5.58. The number of para-hydroxylation sites is 1. The number of hydrogen-bond donors (Lipinski definition) is 1. The smallest absolute Gasteiger partial charge is 0.209 e. The highest BCUT2D eigenvalue weighted by Crippen LogP contribution is 2.23. The number of fused-ring (bicyclic) bond motifs is 1. The Balaban J connectivity index is 2.11. The van der Waals surface area contributed by atoms with Crippen molar-refractivity contribution in [3.8, 4) is 0 Å². The minimum atomic E-state index is 0.611. The highest BCUT2D eigenvalue weighted by atomic mass is 35.5. The van der Waals surface area contributed by atoms with Gasteiger partial charge >= 0.3 is 0 Å². The van der Waals surface area contributed by atoms with Crippen molar-refractivity contribution >= 4 is 22.7 Å². The maximum Gasteiger partial charge on any atom is 0.209 e. The predicted molar refractivity (Wildman–Crippen MR) is 65.6 cm³/mol. The molecule has 0 atom stereocenters. The van der Waals surface area contributed by atoms with E-state index in [0.717, 1.165) is 12.1 Å². The summed E-state index contributed by atoms with van der Waals surface area (Å²) in [6.45, 7) is 5.92. The molecule has 2 rings (SSSR count). The van der Waals surface area contributed by atoms with Gasteiger partial charge < -0.3 is 9.73 Å². The van der Waals surface area contributed by atoms with Crippen molar-refractivity contribution < 1.29 is 4.42 Å². The van der Waals surface area contributed by atoms with Crippen LogP contribution in [0.5, 0.6) is 0 Å². The number of halogens is 1. The fourth-order valence-electron chi connectivity index (χ4n) is 1.50. The fraction of sp³-hybridized carbons (Fsp3) is 0.417. The third kappa shape index (κ3) is 2.54. The molecular weight excluding hydrogens is 224 g/mol. The van der Waals surface area contributed by atoms with Gasteiger partial charge in [0.15, 0.2) is 5.58 Å². The summed E-state index contributed by atoms with van der Waals surface area (Å²) in [7, 11) is 0. The summed E-state index contributed by atoms with van der Waals surface area (Å²) in [5.74, 6) is 1.30. The Bertz CT molecular complexity index is 479. The lowest BCUT2D eigenvalue weighted by atomic mass is 10.2. The first-order chi connectivity index (χ1) is 7.66. The highest BCUT2D eigenvalue weighted by Gasteiger charge is 2.07. The summed E-state index contributed by atoms with van der Waals surface area (Å²) in [5.41, 5.74) is 1.49. The summed E-state index contributed by atoms with van der Waals surface area (Å²) in [6.07, 6.45) is 0. The zero-order valence-electron chi connectivity index (χ0n) is 9.46. The van der Waals surface area contributed by atoms with Crippen molar-refractivity contribution in [2.75, 3.05) is 6.54 Å². The molecular formula is C12H15ClN2O. The second kappa shape index (κ2) is 4.85. The molecule has 0 bridgehead atoms. The van der Waals surface area contributed by atoms with Crippen LogP contribution in [0.4, 0.5) is 0 Å². The van der Waals surface area contributed by atoms with Crippen LogP contribution >= 0.6 is 11.6 Å². The normalized spacial score (nSPS) is 11.5. The van der Waals surface area contributed by atoms with Gasteiger partial charge in [0.2, 0.25) is 5.89 Å². The zero-order chi connectivity index (χ0) is 11.5. The Morgan fingerprint density at radius 1 is 1.44 bits per heavy atom. The summed E-state index contributed by atoms with van der Waals surface area (Å²) >= 11 is 6.00. The van der Waals surface area contributed by atoms with Crippen molar-refractivity contribution in [1.82, 2.24) is 10.3 Å². The van der Waals surface area contributed by atoms with Crippen LogP contribution in [0.2, 0.25) is 5.02 Å². The number of nitrogens with zero attached hydrogens (tertiary/aromatic N) is 1. The van der Waals surface area contributed by atoms with Gasteiger partial charge in [0.1, 0.15) is 5.52 Å². The molecule has 0 aliphatic rings. The molecule has 0 unspecified atom stereocenters. The predicted octanol–water partition coefficient (Wildman–Crippen LogP) is 3.23. The second-order valence-corrected chi connectivity index (χ2v) is 4.63. The largest absolute Gasteiger partial charge is 0.438 e. The Labute approximate surface area is 99.8 Å². The van der Waals surface area contributed by atoms with Gasteiger partial charge in [0, 0.05) is 0 Å². The van der Waals surface area contributed by atoms with Gasteiger partial charge in [-0.3, -0.25) is 0 Å². The van der Waals surface area contributed by atoms with Crippen LogP contribution in [0.3, 0.4) is 0 Å². The Morgan fingerprint density at radius 2 is 2.25 bits per heavy atom. The van der Waals surface area contributed by atoms with E-state index in [2.05, 4.69) is 24.1 Å². The Kier molecular flexibility index (Phi) is 3.46. The standard InChI is InChI=1S/C12H15ClN2O/c1-8(2)6-14-7-11-15-10-5-3-4-9(13)12(10)16-11/h3-5,8,14H,6-7H2,1-2H3. The number of nitrogens with one attached hydrogen (secondary N) is 1. The molecule has 1 aromatic heterocycles. The number of benzene rings is 1. The van der Waals surface area contributed by atoms with Crippen LogP contribution < -0.4 is 5.32 Å². The van der Waals surface area contributed by atoms with Crippen LogP contribution in [-0.4, -0.2) is 11.5 Å². The van der Waals surface area contributed by atoms with Crippen LogP contribution in [0.25, 0.3) is 11.1 Å². The molecule has 1 N–H and O–H groups in total. The molecule has 0 amide bonds. The molecule has 0 radical (unpaired) electrons. The van der Waals surface area contributed by atoms with Gasteiger partial charge in [-0.25, -0.2) is 4.98 Å². The summed E-state index contributed by atoms with van der Waals surface area (Å²) in [5, 5.41) is 3.89. The van der Waals surface area contributed by atoms with Crippen molar-refractivity contribution in [2.24, 2.45) is 5.92 Å². The molecule has 0 spiro atoms. The molecule has 86 valence electrons. The first-order valence-corrected chi connectivity index (χ1v) is 5.79. The molecule has 0 saturated carbocycles. The lowest BCUT2D eigenvalue weighted by Crippen LogP contribution is -2.19. The van der Waals surface area contributed by atoms with Crippen molar-refractivity contribution in [3.05, 3.63) is 29.1 Å². The molecule has 0 fully saturated rings. The first-order valence-electron chi connectivity index (χ1n) is 5.41. The lowest BCUT2D eigenvalue weighted by Gasteiger charge is -2.03. The number of oxazole rings is 1. The number of aromatic nitrogens is 1. The lowest BCUT2D eigenvalue weighted by molar-refractivity contribution is 0.471. The SMILES string of the molecule is CC(C)CNCc1nc2cccc(Cl)c2o1. The topological polar surface area (TPSA) is 38.1 Å². The molecule has 2 aromatic rings. The van der Waals surface area contributed by atoms with Gasteiger partial charge in [-0.1, -0.05) is 31.5 Å². The van der Waals surface area contributed by atoms with Crippen LogP contribution in [0, 0.1) is 5.92 Å². The average molecular weight is 239 g/mol. The van der Waals surface area contributed by atoms with Crippen molar-refractivity contribution in [2.45, 2.75) is 20.4 Å². The molecule has 0 aliphatic heterocycles. The van der Waals surface area contributed by atoms with E-state index in [-0.39, 0.29) is 0 Å². The maximum absolute atomic E-state index is 6.00. The Hall–Kier alpha value is -1.06. The fourth-order valence-corrected chi connectivity index (χ4v) is 1.71. The highest BCUT2D eigenvalue weighted by molar-refractivity contribution is 6.34. The zero-order valence-corrected chi connectivity index (χ0v) is 10.2. The van der Waals surface area contributed by atoms with Crippen molar-refractivity contribution in [1.29, 1.82) is 0 Å². The van der Waals surface area contributed by atoms with E-state index >= 15 is 0 Å². The third-order valence-corrected chi connectivity index (χ3v) is 2.54. The van der Waals surface area contributed by atoms with E-state index in [0.29, 0.717) is 29.0 Å². The summed E-state index contributed by atoms with van der Waals surface area (Å²) in [4.78, 5) is 4.36. The van der Waals surface area contributed by atoms with E-state index in [9.17, 15) is 0 Å². The molecule has 1 heterocycles. The molecule has 0 aliphatic carbocycles. The molecule has 0 saturated heterocycles. The second-order valence-electron chi connectivity index (χ2n) is 4.22. The van der Waals surface area contributed by atoms with E-state index < -0.39 is 0 Å². The average Bonchev–Trinajstić information content (AvgIpc) is 2.61. The molecule has 4 heteroatoms. The van der Waals surface area contributed by atoms with Crippen molar-refractivity contribution in [3.63, 3.8) is 0 Å². The molecule has 3 nitrogen and oxygen atoms in total. The quantitative estimate of drug-likeness (QED) is 0.889. The van der Waals surface area contributed by atoms with E-state index in [1.807, 2.05) is 12.1 Å².